The number of hydrogen-bond acceptors (Lipinski definition) is 5. The fraction of sp³-hybridized carbons (Fsp3) is 0.500. The number of benzene rings is 1. The van der Waals surface area contributed by atoms with E-state index in [-0.39, 0.29) is 12.0 Å². The van der Waals surface area contributed by atoms with Crippen molar-refractivity contribution >= 4 is 0 Å². The Hall–Kier alpha value is -1.72. The number of hydrogen-bond donors (Lipinski definition) is 1. The molecular formula is C16H21N3O2. The molecule has 1 aromatic heterocycles. The second-order valence-corrected chi connectivity index (χ2v) is 5.55. The highest BCUT2D eigenvalue weighted by molar-refractivity contribution is 5.34. The van der Waals surface area contributed by atoms with Crippen LogP contribution in [0.2, 0.25) is 0 Å². The molecule has 3 rings (SSSR count). The van der Waals surface area contributed by atoms with Gasteiger partial charge in [0.15, 0.2) is 5.82 Å². The normalized spacial score (nSPS) is 16.1. The van der Waals surface area contributed by atoms with Crippen LogP contribution in [-0.4, -0.2) is 23.4 Å². The lowest BCUT2D eigenvalue weighted by Crippen LogP contribution is -2.19. The van der Waals surface area contributed by atoms with Gasteiger partial charge in [0.1, 0.15) is 0 Å². The van der Waals surface area contributed by atoms with E-state index < -0.39 is 0 Å². The highest BCUT2D eigenvalue weighted by Crippen LogP contribution is 2.33. The van der Waals surface area contributed by atoms with Gasteiger partial charge in [-0.3, -0.25) is 0 Å². The molecule has 0 saturated carbocycles. The average Bonchev–Trinajstić information content (AvgIpc) is 3.13. The van der Waals surface area contributed by atoms with E-state index in [0.717, 1.165) is 19.3 Å². The standard InChI is InChI=1S/C16H21N3O2/c1-2-7-20-10-14(17)15-18-16(21-19-15)13-8-11-5-3-4-6-12(11)9-13/h3-6,13-14H,2,7-10,17H2,1H3. The van der Waals surface area contributed by atoms with Crippen molar-refractivity contribution in [2.24, 2.45) is 5.73 Å². The zero-order valence-electron chi connectivity index (χ0n) is 12.3. The number of nitrogens with two attached hydrogens (primary N) is 1. The fourth-order valence-corrected chi connectivity index (χ4v) is 2.73. The molecule has 1 unspecified atom stereocenters. The number of nitrogens with zero attached hydrogens (tertiary/aromatic N) is 2. The first-order chi connectivity index (χ1) is 10.3. The van der Waals surface area contributed by atoms with Crippen LogP contribution in [0.3, 0.4) is 0 Å². The average molecular weight is 287 g/mol. The molecule has 1 aromatic carbocycles. The maximum absolute atomic E-state index is 6.02. The van der Waals surface area contributed by atoms with E-state index in [9.17, 15) is 0 Å². The Morgan fingerprint density at radius 3 is 2.71 bits per heavy atom. The second kappa shape index (κ2) is 6.37. The molecular weight excluding hydrogens is 266 g/mol. The Bertz CT molecular complexity index is 572. The number of aromatic nitrogens is 2. The van der Waals surface area contributed by atoms with Crippen LogP contribution in [0.15, 0.2) is 28.8 Å². The Morgan fingerprint density at radius 2 is 2.05 bits per heavy atom. The van der Waals surface area contributed by atoms with Gasteiger partial charge in [-0.1, -0.05) is 36.3 Å². The molecule has 0 fully saturated rings. The molecule has 0 aliphatic heterocycles. The maximum Gasteiger partial charge on any atom is 0.230 e. The summed E-state index contributed by atoms with van der Waals surface area (Å²) in [5.74, 6) is 1.50. The molecule has 2 aromatic rings. The Labute approximate surface area is 124 Å². The van der Waals surface area contributed by atoms with E-state index in [4.69, 9.17) is 15.0 Å². The summed E-state index contributed by atoms with van der Waals surface area (Å²) in [5, 5.41) is 4.01. The molecule has 1 aliphatic rings. The Balaban J connectivity index is 1.64. The fourth-order valence-electron chi connectivity index (χ4n) is 2.73. The van der Waals surface area contributed by atoms with E-state index in [2.05, 4.69) is 41.3 Å². The zero-order chi connectivity index (χ0) is 14.7. The lowest BCUT2D eigenvalue weighted by Gasteiger charge is -2.07. The Kier molecular flexibility index (Phi) is 4.31. The first-order valence-electron chi connectivity index (χ1n) is 7.51. The second-order valence-electron chi connectivity index (χ2n) is 5.55. The van der Waals surface area contributed by atoms with E-state index in [1.54, 1.807) is 0 Å². The van der Waals surface area contributed by atoms with E-state index in [0.29, 0.717) is 24.9 Å². The minimum atomic E-state index is -0.321. The lowest BCUT2D eigenvalue weighted by atomic mass is 10.1. The molecule has 0 bridgehead atoms. The van der Waals surface area contributed by atoms with Crippen LogP contribution >= 0.6 is 0 Å². The van der Waals surface area contributed by atoms with Crippen molar-refractivity contribution in [2.45, 2.75) is 38.1 Å². The molecule has 1 aliphatic carbocycles. The molecule has 0 spiro atoms. The summed E-state index contributed by atoms with van der Waals surface area (Å²) >= 11 is 0. The highest BCUT2D eigenvalue weighted by Gasteiger charge is 2.28. The third kappa shape index (κ3) is 3.14. The number of ether oxygens (including phenoxy) is 1. The van der Waals surface area contributed by atoms with Gasteiger partial charge in [-0.05, 0) is 30.4 Å². The quantitative estimate of drug-likeness (QED) is 0.826. The molecule has 5 heteroatoms. The van der Waals surface area contributed by atoms with Crippen LogP contribution in [0, 0.1) is 0 Å². The topological polar surface area (TPSA) is 74.2 Å². The smallest absolute Gasteiger partial charge is 0.230 e. The van der Waals surface area contributed by atoms with Crippen molar-refractivity contribution in [2.75, 3.05) is 13.2 Å². The third-order valence-electron chi connectivity index (χ3n) is 3.84. The SMILES string of the molecule is CCCOCC(N)c1noc(C2Cc3ccccc3C2)n1. The monoisotopic (exact) mass is 287 g/mol. The molecule has 112 valence electrons. The largest absolute Gasteiger partial charge is 0.379 e. The molecule has 0 amide bonds. The van der Waals surface area contributed by atoms with Crippen LogP contribution in [0.4, 0.5) is 0 Å². The van der Waals surface area contributed by atoms with Crippen molar-refractivity contribution in [3.63, 3.8) is 0 Å². The van der Waals surface area contributed by atoms with Crippen LogP contribution in [0.25, 0.3) is 0 Å². The van der Waals surface area contributed by atoms with Crippen molar-refractivity contribution in [3.8, 4) is 0 Å². The van der Waals surface area contributed by atoms with Crippen molar-refractivity contribution < 1.29 is 9.26 Å². The predicted octanol–water partition coefficient (Wildman–Crippen LogP) is 2.38. The van der Waals surface area contributed by atoms with Gasteiger partial charge in [-0.25, -0.2) is 0 Å². The van der Waals surface area contributed by atoms with E-state index in [1.807, 2.05) is 0 Å². The summed E-state index contributed by atoms with van der Waals surface area (Å²) in [6.07, 6.45) is 2.89. The Morgan fingerprint density at radius 1 is 1.33 bits per heavy atom. The van der Waals surface area contributed by atoms with Gasteiger partial charge in [0, 0.05) is 12.5 Å². The molecule has 0 saturated heterocycles. The summed E-state index contributed by atoms with van der Waals surface area (Å²) in [4.78, 5) is 4.47. The van der Waals surface area contributed by atoms with Gasteiger partial charge in [0.05, 0.1) is 12.6 Å². The first-order valence-corrected chi connectivity index (χ1v) is 7.51. The van der Waals surface area contributed by atoms with Crippen LogP contribution in [-0.2, 0) is 17.6 Å². The van der Waals surface area contributed by atoms with Gasteiger partial charge in [0.2, 0.25) is 5.89 Å². The molecule has 1 heterocycles. The van der Waals surface area contributed by atoms with Crippen LogP contribution in [0.5, 0.6) is 0 Å². The summed E-state index contributed by atoms with van der Waals surface area (Å²) in [6.45, 7) is 3.20. The molecule has 0 radical (unpaired) electrons. The molecule has 5 nitrogen and oxygen atoms in total. The third-order valence-corrected chi connectivity index (χ3v) is 3.84. The minimum Gasteiger partial charge on any atom is -0.379 e. The maximum atomic E-state index is 6.02. The van der Waals surface area contributed by atoms with Gasteiger partial charge >= 0.3 is 0 Å². The number of fused-ring (bicyclic) bond motifs is 1. The molecule has 21 heavy (non-hydrogen) atoms. The summed E-state index contributed by atoms with van der Waals surface area (Å²) in [6, 6.07) is 8.15. The van der Waals surface area contributed by atoms with Crippen molar-refractivity contribution in [1.82, 2.24) is 10.1 Å². The first kappa shape index (κ1) is 14.2. The summed E-state index contributed by atoms with van der Waals surface area (Å²) in [5.41, 5.74) is 8.77. The van der Waals surface area contributed by atoms with Gasteiger partial charge in [0.25, 0.3) is 0 Å². The van der Waals surface area contributed by atoms with Crippen LogP contribution < -0.4 is 5.73 Å². The molecule has 2 N–H and O–H groups in total. The highest BCUT2D eigenvalue weighted by atomic mass is 16.5. The predicted molar refractivity (Wildman–Crippen MR) is 78.9 cm³/mol. The van der Waals surface area contributed by atoms with E-state index >= 15 is 0 Å². The van der Waals surface area contributed by atoms with Crippen molar-refractivity contribution in [1.29, 1.82) is 0 Å². The summed E-state index contributed by atoms with van der Waals surface area (Å²) in [7, 11) is 0. The van der Waals surface area contributed by atoms with E-state index in [1.165, 1.54) is 11.1 Å². The van der Waals surface area contributed by atoms with Gasteiger partial charge in [-0.2, -0.15) is 4.98 Å². The van der Waals surface area contributed by atoms with Gasteiger partial charge in [-0.15, -0.1) is 0 Å². The lowest BCUT2D eigenvalue weighted by molar-refractivity contribution is 0.119. The summed E-state index contributed by atoms with van der Waals surface area (Å²) < 4.78 is 10.8. The van der Waals surface area contributed by atoms with Crippen LogP contribution in [0.1, 0.15) is 48.1 Å². The zero-order valence-corrected chi connectivity index (χ0v) is 12.3. The molecule has 1 atom stereocenters. The number of rotatable bonds is 6. The minimum absolute atomic E-state index is 0.271. The van der Waals surface area contributed by atoms with Crippen molar-refractivity contribution in [3.05, 3.63) is 47.1 Å². The van der Waals surface area contributed by atoms with Gasteiger partial charge < -0.3 is 15.0 Å².